The topological polar surface area (TPSA) is 70.7 Å². The van der Waals surface area contributed by atoms with Crippen molar-refractivity contribution in [1.82, 2.24) is 15.1 Å². The van der Waals surface area contributed by atoms with Gasteiger partial charge in [-0.2, -0.15) is 10.4 Å². The predicted octanol–water partition coefficient (Wildman–Crippen LogP) is 3.70. The summed E-state index contributed by atoms with van der Waals surface area (Å²) in [6, 6.07) is 9.54. The Bertz CT molecular complexity index is 751. The lowest BCUT2D eigenvalue weighted by Crippen LogP contribution is -2.28. The Morgan fingerprint density at radius 3 is 2.46 bits per heavy atom. The number of amides is 1. The normalized spacial score (nSPS) is 10.7. The highest BCUT2D eigenvalue weighted by Crippen LogP contribution is 2.28. The second kappa shape index (κ2) is 7.78. The molecule has 2 aromatic rings. The van der Waals surface area contributed by atoms with Gasteiger partial charge in [0.1, 0.15) is 5.69 Å². The van der Waals surface area contributed by atoms with Crippen molar-refractivity contribution in [3.05, 3.63) is 41.1 Å². The summed E-state index contributed by atoms with van der Waals surface area (Å²) in [4.78, 5) is 12.6. The molecule has 0 saturated carbocycles. The largest absolute Gasteiger partial charge is 0.351 e. The summed E-state index contributed by atoms with van der Waals surface area (Å²) in [5, 5.41) is 16.6. The molecular weight excluding hydrogens is 300 g/mol. The van der Waals surface area contributed by atoms with Gasteiger partial charge >= 0.3 is 0 Å². The maximum atomic E-state index is 12.6. The molecule has 0 unspecified atom stereocenters. The van der Waals surface area contributed by atoms with E-state index in [1.807, 2.05) is 39.8 Å². The highest BCUT2D eigenvalue weighted by atomic mass is 16.2. The molecule has 2 rings (SSSR count). The van der Waals surface area contributed by atoms with E-state index in [1.54, 1.807) is 16.8 Å². The van der Waals surface area contributed by atoms with Crippen molar-refractivity contribution in [3.8, 4) is 17.3 Å². The van der Waals surface area contributed by atoms with Crippen LogP contribution < -0.4 is 5.32 Å². The third-order valence-corrected chi connectivity index (χ3v) is 3.89. The smallest absolute Gasteiger partial charge is 0.269 e. The lowest BCUT2D eigenvalue weighted by molar-refractivity contribution is 0.0940. The highest BCUT2D eigenvalue weighted by molar-refractivity contribution is 5.96. The van der Waals surface area contributed by atoms with Crippen molar-refractivity contribution >= 4 is 5.91 Å². The lowest BCUT2D eigenvalue weighted by Gasteiger charge is -2.12. The zero-order chi connectivity index (χ0) is 17.7. The fourth-order valence-corrected chi connectivity index (χ4v) is 2.68. The van der Waals surface area contributed by atoms with Gasteiger partial charge in [-0.1, -0.05) is 26.0 Å². The Labute approximate surface area is 143 Å². The van der Waals surface area contributed by atoms with Crippen molar-refractivity contribution in [1.29, 1.82) is 5.26 Å². The number of nitrogens with one attached hydrogen (secondary N) is 1. The van der Waals surface area contributed by atoms with Crippen LogP contribution in [0.4, 0.5) is 0 Å². The molecule has 1 amide bonds. The average molecular weight is 324 g/mol. The van der Waals surface area contributed by atoms with Crippen LogP contribution >= 0.6 is 0 Å². The summed E-state index contributed by atoms with van der Waals surface area (Å²) in [6.07, 6.45) is 1.61. The van der Waals surface area contributed by atoms with E-state index in [4.69, 9.17) is 10.4 Å². The summed E-state index contributed by atoms with van der Waals surface area (Å²) in [7, 11) is 0. The number of carbonyl (C=O) groups excluding carboxylic acids is 1. The number of rotatable bonds is 6. The van der Waals surface area contributed by atoms with Crippen LogP contribution in [0.2, 0.25) is 0 Å². The molecule has 0 aliphatic heterocycles. The van der Waals surface area contributed by atoms with E-state index < -0.39 is 0 Å². The highest BCUT2D eigenvalue weighted by Gasteiger charge is 2.24. The monoisotopic (exact) mass is 324 g/mol. The lowest BCUT2D eigenvalue weighted by atomic mass is 10.0. The summed E-state index contributed by atoms with van der Waals surface area (Å²) >= 11 is 0. The Hall–Kier alpha value is -2.61. The van der Waals surface area contributed by atoms with Crippen LogP contribution in [-0.4, -0.2) is 22.2 Å². The van der Waals surface area contributed by atoms with Crippen molar-refractivity contribution in [2.24, 2.45) is 0 Å². The number of hydrogen-bond donors (Lipinski definition) is 1. The molecule has 1 aromatic heterocycles. The second-order valence-electron chi connectivity index (χ2n) is 6.01. The Kier molecular flexibility index (Phi) is 5.75. The van der Waals surface area contributed by atoms with Gasteiger partial charge < -0.3 is 5.32 Å². The number of nitriles is 1. The van der Waals surface area contributed by atoms with Gasteiger partial charge in [0.05, 0.1) is 17.3 Å². The first kappa shape index (κ1) is 17.7. The number of aromatic nitrogens is 2. The fourth-order valence-electron chi connectivity index (χ4n) is 2.68. The van der Waals surface area contributed by atoms with Crippen LogP contribution in [0.3, 0.4) is 0 Å². The summed E-state index contributed by atoms with van der Waals surface area (Å²) in [5.41, 5.74) is 3.94. The summed E-state index contributed by atoms with van der Waals surface area (Å²) in [6.45, 7) is 8.75. The molecule has 0 saturated heterocycles. The molecule has 1 heterocycles. The third kappa shape index (κ3) is 3.48. The van der Waals surface area contributed by atoms with Crippen LogP contribution in [0.25, 0.3) is 11.3 Å². The van der Waals surface area contributed by atoms with E-state index in [0.29, 0.717) is 17.8 Å². The van der Waals surface area contributed by atoms with Crippen molar-refractivity contribution in [2.45, 2.75) is 46.6 Å². The molecule has 0 radical (unpaired) electrons. The molecule has 5 nitrogen and oxygen atoms in total. The number of benzene rings is 1. The minimum absolute atomic E-state index is 0.0743. The Morgan fingerprint density at radius 2 is 1.96 bits per heavy atom. The van der Waals surface area contributed by atoms with E-state index in [9.17, 15) is 4.79 Å². The number of hydrogen-bond acceptors (Lipinski definition) is 3. The van der Waals surface area contributed by atoms with Crippen LogP contribution in [0.15, 0.2) is 24.3 Å². The van der Waals surface area contributed by atoms with Gasteiger partial charge in [0.15, 0.2) is 0 Å². The first-order valence-corrected chi connectivity index (χ1v) is 8.43. The molecule has 0 fully saturated rings. The van der Waals surface area contributed by atoms with Crippen molar-refractivity contribution < 1.29 is 4.79 Å². The number of carbonyl (C=O) groups is 1. The summed E-state index contributed by atoms with van der Waals surface area (Å²) in [5.74, 6) is -0.0743. The Morgan fingerprint density at radius 1 is 1.29 bits per heavy atom. The minimum Gasteiger partial charge on any atom is -0.351 e. The van der Waals surface area contributed by atoms with E-state index in [1.165, 1.54) is 0 Å². The van der Waals surface area contributed by atoms with Gasteiger partial charge in [-0.15, -0.1) is 0 Å². The quantitative estimate of drug-likeness (QED) is 0.880. The molecule has 0 aliphatic rings. The van der Waals surface area contributed by atoms with Crippen LogP contribution in [0, 0.1) is 11.3 Å². The van der Waals surface area contributed by atoms with Crippen LogP contribution in [0.1, 0.15) is 61.8 Å². The molecular formula is C19H24N4O. The molecule has 0 spiro atoms. The SMILES string of the molecule is CCCNC(=O)c1c(CC)c(-c2ccc(C#N)cc2)nn1C(C)C. The maximum Gasteiger partial charge on any atom is 0.269 e. The average Bonchev–Trinajstić information content (AvgIpc) is 2.99. The maximum absolute atomic E-state index is 12.6. The van der Waals surface area contributed by atoms with E-state index in [2.05, 4.69) is 11.4 Å². The van der Waals surface area contributed by atoms with E-state index in [0.717, 1.165) is 29.7 Å². The van der Waals surface area contributed by atoms with Gasteiger partial charge in [0.2, 0.25) is 0 Å². The second-order valence-corrected chi connectivity index (χ2v) is 6.01. The van der Waals surface area contributed by atoms with E-state index in [-0.39, 0.29) is 11.9 Å². The first-order chi connectivity index (χ1) is 11.5. The minimum atomic E-state index is -0.0743. The summed E-state index contributed by atoms with van der Waals surface area (Å²) < 4.78 is 1.80. The number of nitrogens with zero attached hydrogens (tertiary/aromatic N) is 3. The molecule has 1 aromatic carbocycles. The molecule has 0 aliphatic carbocycles. The van der Waals surface area contributed by atoms with Crippen LogP contribution in [0.5, 0.6) is 0 Å². The van der Waals surface area contributed by atoms with Crippen molar-refractivity contribution in [3.63, 3.8) is 0 Å². The molecule has 24 heavy (non-hydrogen) atoms. The zero-order valence-corrected chi connectivity index (χ0v) is 14.8. The molecule has 126 valence electrons. The molecule has 0 atom stereocenters. The zero-order valence-electron chi connectivity index (χ0n) is 14.8. The van der Waals surface area contributed by atoms with Gasteiger partial charge in [0, 0.05) is 23.7 Å². The van der Waals surface area contributed by atoms with Gasteiger partial charge in [0.25, 0.3) is 5.91 Å². The van der Waals surface area contributed by atoms with Crippen molar-refractivity contribution in [2.75, 3.05) is 6.54 Å². The fraction of sp³-hybridized carbons (Fsp3) is 0.421. The predicted molar refractivity (Wildman–Crippen MR) is 94.8 cm³/mol. The third-order valence-electron chi connectivity index (χ3n) is 3.89. The van der Waals surface area contributed by atoms with Crippen LogP contribution in [-0.2, 0) is 6.42 Å². The van der Waals surface area contributed by atoms with Gasteiger partial charge in [-0.3, -0.25) is 9.48 Å². The Balaban J connectivity index is 2.56. The van der Waals surface area contributed by atoms with Gasteiger partial charge in [-0.25, -0.2) is 0 Å². The standard InChI is InChI=1S/C19H24N4O/c1-5-11-21-19(24)18-16(6-2)17(22-23(18)13(3)4)15-9-7-14(12-20)8-10-15/h7-10,13H,5-6,11H2,1-4H3,(H,21,24). The molecule has 1 N–H and O–H groups in total. The molecule has 5 heteroatoms. The van der Waals surface area contributed by atoms with Gasteiger partial charge in [-0.05, 0) is 38.8 Å². The molecule has 0 bridgehead atoms. The van der Waals surface area contributed by atoms with E-state index >= 15 is 0 Å². The first-order valence-electron chi connectivity index (χ1n) is 8.43.